The van der Waals surface area contributed by atoms with E-state index in [1.807, 2.05) is 0 Å². The average molecular weight is 285 g/mol. The minimum absolute atomic E-state index is 0.363. The van der Waals surface area contributed by atoms with Crippen LogP contribution in [0.25, 0.3) is 0 Å². The molecule has 0 saturated heterocycles. The van der Waals surface area contributed by atoms with E-state index in [-0.39, 0.29) is 6.54 Å². The summed E-state index contributed by atoms with van der Waals surface area (Å²) in [7, 11) is 0. The van der Waals surface area contributed by atoms with Gasteiger partial charge in [-0.3, -0.25) is 0 Å². The molecule has 0 fully saturated rings. The van der Waals surface area contributed by atoms with E-state index in [0.717, 1.165) is 0 Å². The fourth-order valence-electron chi connectivity index (χ4n) is 1.32. The molecule has 0 saturated carbocycles. The van der Waals surface area contributed by atoms with Crippen LogP contribution in [0.3, 0.4) is 0 Å². The van der Waals surface area contributed by atoms with Crippen molar-refractivity contribution >= 4 is 0 Å². The van der Waals surface area contributed by atoms with Crippen molar-refractivity contribution in [3.8, 4) is 0 Å². The van der Waals surface area contributed by atoms with Crippen LogP contribution < -0.4 is 5.32 Å². The summed E-state index contributed by atoms with van der Waals surface area (Å²) in [6, 6.07) is 0. The maximum atomic E-state index is 9.57. The maximum absolute atomic E-state index is 9.57. The lowest BCUT2D eigenvalue weighted by atomic mass is 10.00. The molecule has 9 N–H and O–H groups in total. The third kappa shape index (κ3) is 5.26. The minimum atomic E-state index is -1.76. The Balaban J connectivity index is 4.40. The molecule has 0 aliphatic carbocycles. The highest BCUT2D eigenvalue weighted by molar-refractivity contribution is 4.89. The summed E-state index contributed by atoms with van der Waals surface area (Å²) in [5.74, 6) is 0. The van der Waals surface area contributed by atoms with Crippen molar-refractivity contribution in [3.63, 3.8) is 0 Å². The van der Waals surface area contributed by atoms with Crippen molar-refractivity contribution in [3.05, 3.63) is 0 Å². The molecule has 9 nitrogen and oxygen atoms in total. The van der Waals surface area contributed by atoms with Crippen LogP contribution in [0.1, 0.15) is 0 Å². The van der Waals surface area contributed by atoms with Gasteiger partial charge in [0.2, 0.25) is 0 Å². The van der Waals surface area contributed by atoms with E-state index in [1.165, 1.54) is 0 Å². The summed E-state index contributed by atoms with van der Waals surface area (Å²) in [5, 5.41) is 75.6. The topological polar surface area (TPSA) is 174 Å². The summed E-state index contributed by atoms with van der Waals surface area (Å²) in [6.07, 6.45) is -6.65. The second-order valence-corrected chi connectivity index (χ2v) is 4.43. The standard InChI is InChI=1S/C10H23NO8/c12-2-7(17)9(19)8(18)6(16)1-11-10(3-13,4-14)5-15/h6-9,11-19H,1-5H2/t6-,7+,8-,9+/m0/s1. The molecule has 0 bridgehead atoms. The average Bonchev–Trinajstić information content (AvgIpc) is 2.46. The van der Waals surface area contributed by atoms with E-state index in [9.17, 15) is 15.3 Å². The molecule has 9 heteroatoms. The number of rotatable bonds is 10. The summed E-state index contributed by atoms with van der Waals surface area (Å²) < 4.78 is 0. The molecule has 0 amide bonds. The number of hydrogen-bond donors (Lipinski definition) is 9. The van der Waals surface area contributed by atoms with Gasteiger partial charge in [0.25, 0.3) is 0 Å². The number of β-amino-alcohol motifs (C(OH)–C–C–N with tert-alkyl or cyclic N) is 1. The Hall–Kier alpha value is -0.360. The summed E-state index contributed by atoms with van der Waals surface area (Å²) in [4.78, 5) is 0. The van der Waals surface area contributed by atoms with Gasteiger partial charge in [-0.05, 0) is 0 Å². The maximum Gasteiger partial charge on any atom is 0.111 e. The van der Waals surface area contributed by atoms with Crippen LogP contribution in [0.2, 0.25) is 0 Å². The lowest BCUT2D eigenvalue weighted by molar-refractivity contribution is -0.116. The Morgan fingerprint density at radius 3 is 1.53 bits per heavy atom. The summed E-state index contributed by atoms with van der Waals surface area (Å²) >= 11 is 0. The monoisotopic (exact) mass is 285 g/mol. The van der Waals surface area contributed by atoms with Gasteiger partial charge < -0.3 is 46.2 Å². The van der Waals surface area contributed by atoms with E-state index in [2.05, 4.69) is 5.32 Å². The molecule has 0 heterocycles. The first kappa shape index (κ1) is 18.6. The van der Waals surface area contributed by atoms with E-state index in [1.54, 1.807) is 0 Å². The molecule has 4 atom stereocenters. The highest BCUT2D eigenvalue weighted by Gasteiger charge is 2.33. The normalized spacial score (nSPS) is 18.9. The van der Waals surface area contributed by atoms with Gasteiger partial charge in [-0.1, -0.05) is 0 Å². The van der Waals surface area contributed by atoms with E-state index in [0.29, 0.717) is 0 Å². The Bertz CT molecular complexity index is 229. The summed E-state index contributed by atoms with van der Waals surface area (Å²) in [6.45, 7) is -2.97. The SMILES string of the molecule is OC[C@@H](O)[C@@H](O)[C@@H](O)[C@@H](O)CNC(CO)(CO)CO. The first-order valence-electron chi connectivity index (χ1n) is 5.78. The van der Waals surface area contributed by atoms with Gasteiger partial charge in [-0.15, -0.1) is 0 Å². The van der Waals surface area contributed by atoms with Gasteiger partial charge in [0.1, 0.15) is 18.3 Å². The van der Waals surface area contributed by atoms with E-state index in [4.69, 9.17) is 25.5 Å². The summed E-state index contributed by atoms with van der Waals surface area (Å²) in [5.41, 5.74) is -1.43. The molecule has 0 aliphatic heterocycles. The van der Waals surface area contributed by atoms with Gasteiger partial charge in [0.15, 0.2) is 0 Å². The highest BCUT2D eigenvalue weighted by atomic mass is 16.4. The first-order valence-corrected chi connectivity index (χ1v) is 5.78. The molecule has 0 radical (unpaired) electrons. The molecule has 0 aromatic carbocycles. The zero-order valence-corrected chi connectivity index (χ0v) is 10.4. The zero-order valence-electron chi connectivity index (χ0n) is 10.4. The zero-order chi connectivity index (χ0) is 15.1. The Kier molecular flexibility index (Phi) is 8.57. The van der Waals surface area contributed by atoms with Gasteiger partial charge in [0, 0.05) is 6.54 Å². The molecule has 0 aromatic rings. The Morgan fingerprint density at radius 1 is 0.737 bits per heavy atom. The highest BCUT2D eigenvalue weighted by Crippen LogP contribution is 2.07. The Labute approximate surface area is 110 Å². The number of nitrogens with one attached hydrogen (secondary N) is 1. The van der Waals surface area contributed by atoms with Crippen molar-refractivity contribution in [2.24, 2.45) is 0 Å². The second kappa shape index (κ2) is 8.74. The molecular weight excluding hydrogens is 262 g/mol. The lowest BCUT2D eigenvalue weighted by Crippen LogP contribution is -2.59. The van der Waals surface area contributed by atoms with Crippen molar-refractivity contribution < 1.29 is 40.9 Å². The molecule has 19 heavy (non-hydrogen) atoms. The molecular formula is C10H23NO8. The molecule has 0 aromatic heterocycles. The largest absolute Gasteiger partial charge is 0.394 e. The molecule has 0 rings (SSSR count). The van der Waals surface area contributed by atoms with Crippen LogP contribution in [-0.4, -0.2) is 104 Å². The van der Waals surface area contributed by atoms with Crippen molar-refractivity contribution in [2.45, 2.75) is 30.0 Å². The molecule has 116 valence electrons. The van der Waals surface area contributed by atoms with Gasteiger partial charge in [-0.2, -0.15) is 0 Å². The van der Waals surface area contributed by atoms with Crippen LogP contribution in [0.15, 0.2) is 0 Å². The smallest absolute Gasteiger partial charge is 0.111 e. The Morgan fingerprint density at radius 2 is 1.16 bits per heavy atom. The molecule has 0 spiro atoms. The predicted molar refractivity (Wildman–Crippen MR) is 63.1 cm³/mol. The number of hydrogen-bond acceptors (Lipinski definition) is 9. The molecule has 0 aliphatic rings. The quantitative estimate of drug-likeness (QED) is 0.190. The van der Waals surface area contributed by atoms with Crippen molar-refractivity contribution in [1.82, 2.24) is 5.32 Å². The number of aliphatic hydroxyl groups is 8. The van der Waals surface area contributed by atoms with Crippen LogP contribution in [0.5, 0.6) is 0 Å². The third-order valence-corrected chi connectivity index (χ3v) is 2.92. The predicted octanol–water partition coefficient (Wildman–Crippen LogP) is -5.27. The van der Waals surface area contributed by atoms with E-state index < -0.39 is 56.4 Å². The van der Waals surface area contributed by atoms with Crippen LogP contribution >= 0.6 is 0 Å². The van der Waals surface area contributed by atoms with Crippen LogP contribution in [0.4, 0.5) is 0 Å². The third-order valence-electron chi connectivity index (χ3n) is 2.92. The number of aliphatic hydroxyl groups excluding tert-OH is 8. The first-order chi connectivity index (χ1) is 8.87. The van der Waals surface area contributed by atoms with Crippen molar-refractivity contribution in [1.29, 1.82) is 0 Å². The van der Waals surface area contributed by atoms with Gasteiger partial charge >= 0.3 is 0 Å². The lowest BCUT2D eigenvalue weighted by Gasteiger charge is -2.32. The van der Waals surface area contributed by atoms with Crippen LogP contribution in [0, 0.1) is 0 Å². The fraction of sp³-hybridized carbons (Fsp3) is 1.00. The van der Waals surface area contributed by atoms with Gasteiger partial charge in [0.05, 0.1) is 38.1 Å². The fourth-order valence-corrected chi connectivity index (χ4v) is 1.32. The van der Waals surface area contributed by atoms with Gasteiger partial charge in [-0.25, -0.2) is 0 Å². The van der Waals surface area contributed by atoms with E-state index >= 15 is 0 Å². The van der Waals surface area contributed by atoms with Crippen molar-refractivity contribution in [2.75, 3.05) is 33.0 Å². The molecule has 0 unspecified atom stereocenters. The second-order valence-electron chi connectivity index (χ2n) is 4.43. The van der Waals surface area contributed by atoms with Crippen LogP contribution in [-0.2, 0) is 0 Å². The minimum Gasteiger partial charge on any atom is -0.394 e.